The average molecular weight is 157 g/mol. The van der Waals surface area contributed by atoms with Gasteiger partial charge in [0.05, 0.1) is 0 Å². The van der Waals surface area contributed by atoms with Gasteiger partial charge < -0.3 is 5.11 Å². The predicted molar refractivity (Wildman–Crippen MR) is 33.3 cm³/mol. The minimum Gasteiger partial charge on any atom is -0.384 e. The molecule has 0 bridgehead atoms. The Morgan fingerprint density at radius 1 is 1.56 bits per heavy atom. The molecule has 0 aliphatic heterocycles. The van der Waals surface area contributed by atoms with E-state index in [0.29, 0.717) is 0 Å². The van der Waals surface area contributed by atoms with E-state index in [-0.39, 0.29) is 18.9 Å². The van der Waals surface area contributed by atoms with Crippen LogP contribution in [0.25, 0.3) is 0 Å². The number of hydrogen-bond acceptors (Lipinski definition) is 3. The van der Waals surface area contributed by atoms with Crippen LogP contribution in [0.5, 0.6) is 0 Å². The molecule has 0 aromatic rings. The summed E-state index contributed by atoms with van der Waals surface area (Å²) in [6, 6.07) is 0. The van der Waals surface area contributed by atoms with E-state index in [2.05, 4.69) is 4.72 Å². The number of nitrogens with one attached hydrogen (secondary N) is 1. The molecule has 0 heterocycles. The smallest absolute Gasteiger partial charge is 0.239 e. The van der Waals surface area contributed by atoms with Crippen LogP contribution >= 0.6 is 11.9 Å². The fourth-order valence-corrected chi connectivity index (χ4v) is 0.639. The predicted octanol–water partition coefficient (Wildman–Crippen LogP) is 0.829. The van der Waals surface area contributed by atoms with Gasteiger partial charge in [-0.05, 0) is 0 Å². The van der Waals surface area contributed by atoms with Gasteiger partial charge in [0, 0.05) is 13.0 Å². The quantitative estimate of drug-likeness (QED) is 0.352. The van der Waals surface area contributed by atoms with E-state index in [1.807, 2.05) is 0 Å². The summed E-state index contributed by atoms with van der Waals surface area (Å²) in [6.45, 7) is 0.239. The first-order chi connectivity index (χ1) is 4.27. The van der Waals surface area contributed by atoms with E-state index >= 15 is 0 Å². The Kier molecular flexibility index (Phi) is 6.34. The molecule has 0 saturated heterocycles. The summed E-state index contributed by atoms with van der Waals surface area (Å²) in [7, 11) is 0. The maximum Gasteiger partial charge on any atom is 0.239 e. The summed E-state index contributed by atoms with van der Waals surface area (Å²) in [5, 5.41) is 8.14. The van der Waals surface area contributed by atoms with Crippen molar-refractivity contribution in [1.82, 2.24) is 4.72 Å². The first-order valence-corrected chi connectivity index (χ1v) is 3.49. The van der Waals surface area contributed by atoms with E-state index in [1.165, 1.54) is 0 Å². The van der Waals surface area contributed by atoms with Crippen LogP contribution in [0, 0.1) is 0 Å². The van der Waals surface area contributed by atoms with Crippen LogP contribution in [0.4, 0.5) is 8.78 Å². The van der Waals surface area contributed by atoms with Crippen LogP contribution in [-0.2, 0) is 0 Å². The number of aliphatic hydroxyl groups is 1. The monoisotopic (exact) mass is 157 g/mol. The van der Waals surface area contributed by atoms with E-state index in [9.17, 15) is 8.78 Å². The zero-order valence-corrected chi connectivity index (χ0v) is 5.63. The third-order valence-corrected chi connectivity index (χ3v) is 1.17. The highest BCUT2D eigenvalue weighted by molar-refractivity contribution is 7.97. The second kappa shape index (κ2) is 6.25. The molecule has 0 atom stereocenters. The van der Waals surface area contributed by atoms with Crippen molar-refractivity contribution in [2.45, 2.75) is 12.8 Å². The molecule has 0 amide bonds. The molecular formula is C4H9F2NOS. The first kappa shape index (κ1) is 9.13. The minimum absolute atomic E-state index is 0.0801. The lowest BCUT2D eigenvalue weighted by Crippen LogP contribution is -2.09. The SMILES string of the molecule is OCSNCCC(F)F. The van der Waals surface area contributed by atoms with Gasteiger partial charge in [-0.1, -0.05) is 11.9 Å². The molecule has 2 nitrogen and oxygen atoms in total. The van der Waals surface area contributed by atoms with Crippen LogP contribution in [0.15, 0.2) is 0 Å². The van der Waals surface area contributed by atoms with Crippen molar-refractivity contribution in [3.8, 4) is 0 Å². The van der Waals surface area contributed by atoms with Gasteiger partial charge in [0.1, 0.15) is 5.94 Å². The average Bonchev–Trinajstić information content (AvgIpc) is 1.80. The molecule has 0 aliphatic rings. The normalized spacial score (nSPS) is 10.7. The molecule has 5 heteroatoms. The lowest BCUT2D eigenvalue weighted by atomic mass is 10.5. The summed E-state index contributed by atoms with van der Waals surface area (Å²) < 4.78 is 25.3. The van der Waals surface area contributed by atoms with E-state index in [0.717, 1.165) is 11.9 Å². The van der Waals surface area contributed by atoms with Crippen LogP contribution in [0.1, 0.15) is 6.42 Å². The molecule has 0 fully saturated rings. The highest BCUT2D eigenvalue weighted by Gasteiger charge is 1.99. The zero-order chi connectivity index (χ0) is 7.11. The maximum absolute atomic E-state index is 11.4. The fourth-order valence-electron chi connectivity index (χ4n) is 0.286. The lowest BCUT2D eigenvalue weighted by Gasteiger charge is -1.98. The standard InChI is InChI=1S/C4H9F2NOS/c5-4(6)1-2-7-9-3-8/h4,7-8H,1-3H2. The molecule has 2 N–H and O–H groups in total. The van der Waals surface area contributed by atoms with Crippen LogP contribution in [-0.4, -0.2) is 24.0 Å². The van der Waals surface area contributed by atoms with E-state index in [1.54, 1.807) is 0 Å². The second-order valence-corrected chi connectivity index (χ2v) is 2.18. The second-order valence-electron chi connectivity index (χ2n) is 1.35. The first-order valence-electron chi connectivity index (χ1n) is 2.51. The largest absolute Gasteiger partial charge is 0.384 e. The Morgan fingerprint density at radius 3 is 2.67 bits per heavy atom. The van der Waals surface area contributed by atoms with E-state index in [4.69, 9.17) is 5.11 Å². The van der Waals surface area contributed by atoms with Gasteiger partial charge in [0.25, 0.3) is 0 Å². The summed E-state index contributed by atoms with van der Waals surface area (Å²) >= 11 is 1.02. The molecule has 9 heavy (non-hydrogen) atoms. The maximum atomic E-state index is 11.4. The van der Waals surface area contributed by atoms with E-state index < -0.39 is 6.43 Å². The Hall–Kier alpha value is 0.130. The van der Waals surface area contributed by atoms with Gasteiger partial charge >= 0.3 is 0 Å². The van der Waals surface area contributed by atoms with Crippen LogP contribution < -0.4 is 4.72 Å². The molecule has 0 rings (SSSR count). The Morgan fingerprint density at radius 2 is 2.22 bits per heavy atom. The van der Waals surface area contributed by atoms with Crippen molar-refractivity contribution in [1.29, 1.82) is 0 Å². The van der Waals surface area contributed by atoms with Gasteiger partial charge in [0.15, 0.2) is 0 Å². The highest BCUT2D eigenvalue weighted by Crippen LogP contribution is 1.98. The number of alkyl halides is 2. The lowest BCUT2D eigenvalue weighted by molar-refractivity contribution is 0.139. The number of hydrogen-bond donors (Lipinski definition) is 2. The Labute approximate surface area is 56.8 Å². The van der Waals surface area contributed by atoms with Gasteiger partial charge in [0.2, 0.25) is 6.43 Å². The van der Waals surface area contributed by atoms with Gasteiger partial charge in [-0.25, -0.2) is 8.78 Å². The number of halogens is 2. The highest BCUT2D eigenvalue weighted by atomic mass is 32.2. The summed E-state index contributed by atoms with van der Waals surface area (Å²) in [5.74, 6) is -0.0801. The topological polar surface area (TPSA) is 32.3 Å². The molecule has 0 spiro atoms. The summed E-state index contributed by atoms with van der Waals surface area (Å²) in [6.07, 6.45) is -2.41. The molecule has 0 aromatic carbocycles. The third kappa shape index (κ3) is 8.13. The van der Waals surface area contributed by atoms with Crippen molar-refractivity contribution in [3.63, 3.8) is 0 Å². The fraction of sp³-hybridized carbons (Fsp3) is 1.00. The molecular weight excluding hydrogens is 148 g/mol. The van der Waals surface area contributed by atoms with Gasteiger partial charge in [-0.3, -0.25) is 4.72 Å². The van der Waals surface area contributed by atoms with Crippen molar-refractivity contribution < 1.29 is 13.9 Å². The summed E-state index contributed by atoms with van der Waals surface area (Å²) in [5.41, 5.74) is 0. The van der Waals surface area contributed by atoms with Crippen molar-refractivity contribution in [2.75, 3.05) is 12.5 Å². The van der Waals surface area contributed by atoms with Crippen molar-refractivity contribution in [2.24, 2.45) is 0 Å². The third-order valence-electron chi connectivity index (χ3n) is 0.631. The molecule has 56 valence electrons. The van der Waals surface area contributed by atoms with Gasteiger partial charge in [-0.2, -0.15) is 0 Å². The number of rotatable bonds is 5. The molecule has 0 aliphatic carbocycles. The molecule has 0 saturated carbocycles. The molecule has 0 unspecified atom stereocenters. The van der Waals surface area contributed by atoms with Crippen molar-refractivity contribution in [3.05, 3.63) is 0 Å². The van der Waals surface area contributed by atoms with Crippen LogP contribution in [0.3, 0.4) is 0 Å². The minimum atomic E-state index is -2.25. The van der Waals surface area contributed by atoms with Crippen LogP contribution in [0.2, 0.25) is 0 Å². The zero-order valence-electron chi connectivity index (χ0n) is 4.81. The van der Waals surface area contributed by atoms with Crippen molar-refractivity contribution >= 4 is 11.9 Å². The number of aliphatic hydroxyl groups excluding tert-OH is 1. The molecule has 0 aromatic heterocycles. The Balaban J connectivity index is 2.75. The molecule has 0 radical (unpaired) electrons. The Bertz CT molecular complexity index is 64.5. The summed E-state index contributed by atoms with van der Waals surface area (Å²) in [4.78, 5) is 0. The van der Waals surface area contributed by atoms with Gasteiger partial charge in [-0.15, -0.1) is 0 Å².